The molecule has 2 fully saturated rings. The molecule has 122 heavy (non-hydrogen) atoms. The SMILES string of the molecule is CC[C@H](C)C(CC(=O)CNC(=O)[C@@H]1CC2(O)c3ccccc3NC2N1C(=O)OC(C)(C)C)C(=O)CCC(=O)NC(CSC(c1ccccc1)(c1ccccc1)c1ccccc1)C(=O)C[C@@H](CC(=O)NC(c1ccccc1)(c1ccccc1)c1ccccc1)C(=O)N1C[C@H](OC(C)(C)C)CC1C(=O)NC(C(=O)OCc1ccccc1)[C@@H](C)[C@H](C)OC(C)=O. The van der Waals surface area contributed by atoms with Crippen LogP contribution in [0.3, 0.4) is 0 Å². The van der Waals surface area contributed by atoms with E-state index in [0.717, 1.165) is 21.6 Å². The lowest BCUT2D eigenvalue weighted by Gasteiger charge is -2.38. The lowest BCUT2D eigenvalue weighted by molar-refractivity contribution is -0.157. The molecular weight excluding hydrogens is 1560 g/mol. The van der Waals surface area contributed by atoms with Gasteiger partial charge in [0.15, 0.2) is 11.6 Å². The number of amides is 6. The Morgan fingerprint density at radius 3 is 1.60 bits per heavy atom. The van der Waals surface area contributed by atoms with Crippen LogP contribution in [-0.2, 0) is 89.4 Å². The molecule has 3 aliphatic heterocycles. The second-order valence-electron chi connectivity index (χ2n) is 34.1. The Morgan fingerprint density at radius 1 is 0.582 bits per heavy atom. The van der Waals surface area contributed by atoms with E-state index in [-0.39, 0.29) is 38.2 Å². The van der Waals surface area contributed by atoms with Gasteiger partial charge in [-0.2, -0.15) is 0 Å². The quantitative estimate of drug-likeness (QED) is 0.0120. The van der Waals surface area contributed by atoms with Gasteiger partial charge in [0.2, 0.25) is 29.5 Å². The van der Waals surface area contributed by atoms with Crippen LogP contribution in [0.1, 0.15) is 172 Å². The number of hydrogen-bond donors (Lipinski definition) is 6. The summed E-state index contributed by atoms with van der Waals surface area (Å²) in [5, 5.41) is 27.4. The summed E-state index contributed by atoms with van der Waals surface area (Å²) in [4.78, 5) is 167. The minimum absolute atomic E-state index is 0.116. The third-order valence-electron chi connectivity index (χ3n) is 23.1. The molecule has 8 aromatic carbocycles. The average molecular weight is 1680 g/mol. The van der Waals surface area contributed by atoms with Gasteiger partial charge in [-0.3, -0.25) is 48.1 Å². The van der Waals surface area contributed by atoms with Crippen molar-refractivity contribution in [3.05, 3.63) is 281 Å². The zero-order valence-corrected chi connectivity index (χ0v) is 72.0. The summed E-state index contributed by atoms with van der Waals surface area (Å²) in [5.41, 5.74) is 1.21. The molecule has 2 saturated heterocycles. The minimum atomic E-state index is -1.69. The van der Waals surface area contributed by atoms with Crippen LogP contribution in [0.5, 0.6) is 0 Å². The molecule has 6 unspecified atom stereocenters. The highest BCUT2D eigenvalue weighted by Crippen LogP contribution is 2.51. The van der Waals surface area contributed by atoms with Crippen molar-refractivity contribution in [3.8, 4) is 0 Å². The van der Waals surface area contributed by atoms with E-state index in [9.17, 15) is 33.9 Å². The van der Waals surface area contributed by atoms with Gasteiger partial charge in [-0.1, -0.05) is 258 Å². The lowest BCUT2D eigenvalue weighted by atomic mass is 9.76. The molecule has 12 atom stereocenters. The highest BCUT2D eigenvalue weighted by molar-refractivity contribution is 8.00. The second-order valence-corrected chi connectivity index (χ2v) is 35.3. The summed E-state index contributed by atoms with van der Waals surface area (Å²) in [6.45, 7) is 17.7. The van der Waals surface area contributed by atoms with Crippen LogP contribution < -0.4 is 26.6 Å². The summed E-state index contributed by atoms with van der Waals surface area (Å²) in [7, 11) is 0. The van der Waals surface area contributed by atoms with E-state index in [1.807, 2.05) is 223 Å². The van der Waals surface area contributed by atoms with Crippen molar-refractivity contribution in [2.45, 2.75) is 204 Å². The maximum absolute atomic E-state index is 16.7. The number of benzene rings is 8. The first-order chi connectivity index (χ1) is 58.2. The molecule has 11 rings (SSSR count). The molecule has 0 bridgehead atoms. The van der Waals surface area contributed by atoms with Crippen LogP contribution in [0, 0.1) is 23.7 Å². The van der Waals surface area contributed by atoms with Crippen LogP contribution in [0.15, 0.2) is 237 Å². The zero-order valence-electron chi connectivity index (χ0n) is 71.2. The standard InChI is InChI=1S/C98H113N7O16S/c1-12-63(2)77(56-75(107)59-99-88(112)82-58-96(117)78-50-34-35-51-79(78)101-92(96)105(82)93(116)121-95(9,10)11)83(108)52-53-85(110)100-80(62-122-98(72-44-28-17-29-45-72,73-46-30-18-31-47-73)74-48-32-19-33-49-74)84(109)54-68(55-86(111)103-97(69-38-22-14-23-39-69,70-40-24-15-25-41-70)71-42-26-16-27-43-71)90(114)104-60-76(120-94(6,7)8)57-81(104)89(113)102-87(64(3)65(4)119-66(5)106)91(115)118-61-67-36-20-13-21-37-67/h13-51,63-65,68,76-77,80-82,87,92,101,117H,12,52-62H2,1-11H3,(H,99,112)(H,100,110)(H,102,113)(H,103,111)/t63-,64-,65-,68-,76+,77?,80?,81?,82-,87?,92?,96?/m0/s1. The predicted molar refractivity (Wildman–Crippen MR) is 466 cm³/mol. The number of ether oxygens (including phenoxy) is 4. The number of thioether (sulfide) groups is 1. The topological polar surface area (TPSA) is 312 Å². The van der Waals surface area contributed by atoms with Crippen LogP contribution in [-0.4, -0.2) is 152 Å². The van der Waals surface area contributed by atoms with Gasteiger partial charge in [0.05, 0.1) is 35.0 Å². The Morgan fingerprint density at radius 2 is 1.09 bits per heavy atom. The summed E-state index contributed by atoms with van der Waals surface area (Å²) >= 11 is 1.35. The van der Waals surface area contributed by atoms with Gasteiger partial charge < -0.3 is 55.5 Å². The first-order valence-electron chi connectivity index (χ1n) is 41.9. The number of aliphatic hydroxyl groups is 1. The smallest absolute Gasteiger partial charge is 0.412 e. The van der Waals surface area contributed by atoms with Crippen molar-refractivity contribution in [1.82, 2.24) is 31.1 Å². The predicted octanol–water partition coefficient (Wildman–Crippen LogP) is 13.6. The van der Waals surface area contributed by atoms with Crippen molar-refractivity contribution >= 4 is 82.4 Å². The van der Waals surface area contributed by atoms with E-state index in [4.69, 9.17) is 18.9 Å². The third-order valence-corrected chi connectivity index (χ3v) is 24.7. The molecular formula is C98H113N7O16S. The molecule has 0 saturated carbocycles. The van der Waals surface area contributed by atoms with E-state index in [1.165, 1.54) is 23.6 Å². The van der Waals surface area contributed by atoms with Gasteiger partial charge in [0.25, 0.3) is 0 Å². The fourth-order valence-electron chi connectivity index (χ4n) is 16.8. The van der Waals surface area contributed by atoms with Gasteiger partial charge in [0.1, 0.15) is 59.5 Å². The molecule has 6 N–H and O–H groups in total. The van der Waals surface area contributed by atoms with Crippen LogP contribution >= 0.6 is 11.8 Å². The Kier molecular flexibility index (Phi) is 30.2. The number of carbonyl (C=O) groups is 11. The summed E-state index contributed by atoms with van der Waals surface area (Å²) in [6.07, 6.45) is -6.20. The van der Waals surface area contributed by atoms with Crippen LogP contribution in [0.25, 0.3) is 0 Å². The number of nitrogens with zero attached hydrogens (tertiary/aromatic N) is 2. The normalized spacial score (nSPS) is 18.6. The number of carbonyl (C=O) groups excluding carboxylic acids is 11. The molecule has 0 spiro atoms. The lowest BCUT2D eigenvalue weighted by Crippen LogP contribution is -2.56. The number of nitrogens with one attached hydrogen (secondary N) is 5. The Labute approximate surface area is 718 Å². The molecule has 8 aromatic rings. The second kappa shape index (κ2) is 40.4. The van der Waals surface area contributed by atoms with E-state index in [0.29, 0.717) is 39.9 Å². The van der Waals surface area contributed by atoms with Crippen LogP contribution in [0.2, 0.25) is 0 Å². The van der Waals surface area contributed by atoms with Crippen molar-refractivity contribution in [2.75, 3.05) is 24.2 Å². The van der Waals surface area contributed by atoms with Gasteiger partial charge in [0, 0.05) is 87.3 Å². The Bertz CT molecular complexity index is 4770. The number of para-hydroxylation sites is 1. The van der Waals surface area contributed by atoms with Crippen LogP contribution in [0.4, 0.5) is 10.5 Å². The van der Waals surface area contributed by atoms with Gasteiger partial charge in [-0.05, 0) is 99.4 Å². The van der Waals surface area contributed by atoms with E-state index in [2.05, 4.69) is 26.6 Å². The number of rotatable bonds is 37. The van der Waals surface area contributed by atoms with E-state index >= 15 is 24.0 Å². The van der Waals surface area contributed by atoms with Crippen molar-refractivity contribution in [3.63, 3.8) is 0 Å². The maximum Gasteiger partial charge on any atom is 0.412 e. The molecule has 0 radical (unpaired) electrons. The number of esters is 2. The van der Waals surface area contributed by atoms with Gasteiger partial charge in [-0.15, -0.1) is 11.8 Å². The van der Waals surface area contributed by atoms with Crippen molar-refractivity contribution in [2.24, 2.45) is 23.7 Å². The number of Topliss-reactive ketones (excluding diaryl/α,β-unsaturated/α-hetero) is 3. The fourth-order valence-corrected chi connectivity index (χ4v) is 18.4. The number of hydrogen-bond acceptors (Lipinski definition) is 18. The number of ketones is 3. The summed E-state index contributed by atoms with van der Waals surface area (Å²) in [5.74, 6) is -11.0. The summed E-state index contributed by atoms with van der Waals surface area (Å²) < 4.78 is 22.7. The number of fused-ring (bicyclic) bond motifs is 3. The molecule has 3 heterocycles. The molecule has 3 aliphatic rings. The largest absolute Gasteiger partial charge is 0.462 e. The van der Waals surface area contributed by atoms with Crippen molar-refractivity contribution in [1.29, 1.82) is 0 Å². The van der Waals surface area contributed by atoms with E-state index < -0.39 is 190 Å². The number of likely N-dealkylation sites (tertiary alicyclic amines) is 2. The first-order valence-corrected chi connectivity index (χ1v) is 42.9. The Hall–Kier alpha value is -11.6. The number of anilines is 1. The van der Waals surface area contributed by atoms with Gasteiger partial charge >= 0.3 is 18.0 Å². The molecule has 0 aliphatic carbocycles. The first kappa shape index (κ1) is 91.1. The fraction of sp³-hybridized carbons (Fsp3) is 0.398. The third kappa shape index (κ3) is 22.0. The highest BCUT2D eigenvalue weighted by atomic mass is 32.2. The van der Waals surface area contributed by atoms with Crippen molar-refractivity contribution < 1.29 is 76.8 Å². The molecule has 642 valence electrons. The maximum atomic E-state index is 16.7. The molecule has 23 nitrogen and oxygen atoms in total. The highest BCUT2D eigenvalue weighted by Gasteiger charge is 2.61. The minimum Gasteiger partial charge on any atom is -0.462 e. The monoisotopic (exact) mass is 1680 g/mol. The molecule has 6 amide bonds. The van der Waals surface area contributed by atoms with Gasteiger partial charge in [-0.25, -0.2) is 9.59 Å². The molecule has 0 aromatic heterocycles. The Balaban J connectivity index is 0.937. The summed E-state index contributed by atoms with van der Waals surface area (Å²) in [6, 6.07) is 67.2. The zero-order chi connectivity index (χ0) is 87.7. The average Bonchev–Trinajstić information content (AvgIpc) is 1.55. The van der Waals surface area contributed by atoms with E-state index in [1.54, 1.807) is 83.1 Å². The molecule has 24 heteroatoms.